The molecule has 0 saturated heterocycles. The number of hydrogen-bond donors (Lipinski definition) is 1. The molecule has 0 bridgehead atoms. The summed E-state index contributed by atoms with van der Waals surface area (Å²) in [5, 5.41) is 9.47. The summed E-state index contributed by atoms with van der Waals surface area (Å²) in [7, 11) is 0. The van der Waals surface area contributed by atoms with Crippen LogP contribution in [-0.4, -0.2) is 60.9 Å². The zero-order valence-electron chi connectivity index (χ0n) is 31.1. The van der Waals surface area contributed by atoms with Gasteiger partial charge in [-0.25, -0.2) is 0 Å². The lowest BCUT2D eigenvalue weighted by Crippen LogP contribution is -2.29. The van der Waals surface area contributed by atoms with E-state index in [1.807, 2.05) is 0 Å². The maximum Gasteiger partial charge on any atom is 0.306 e. The van der Waals surface area contributed by atoms with Crippen molar-refractivity contribution >= 4 is 11.9 Å². The Labute approximate surface area is 293 Å². The molecule has 0 atom stereocenters. The Hall–Kier alpha value is -1.14. The highest BCUT2D eigenvalue weighted by molar-refractivity contribution is 5.69. The van der Waals surface area contributed by atoms with E-state index in [4.69, 9.17) is 9.47 Å². The quantitative estimate of drug-likeness (QED) is 0.0524. The van der Waals surface area contributed by atoms with E-state index in [2.05, 4.69) is 25.7 Å². The number of nitrogens with zero attached hydrogens (tertiary/aromatic N) is 1. The molecule has 6 heteroatoms. The molecule has 0 amide bonds. The summed E-state index contributed by atoms with van der Waals surface area (Å²) < 4.78 is 11.4. The number of ether oxygens (including phenoxy) is 2. The molecule has 6 nitrogen and oxygen atoms in total. The minimum absolute atomic E-state index is 0. The van der Waals surface area contributed by atoms with Crippen LogP contribution in [0.15, 0.2) is 0 Å². The van der Waals surface area contributed by atoms with Gasteiger partial charge in [-0.15, -0.1) is 0 Å². The summed E-state index contributed by atoms with van der Waals surface area (Å²) in [5.74, 6) is -0.0957. The van der Waals surface area contributed by atoms with Crippen molar-refractivity contribution in [3.8, 4) is 0 Å². The molecule has 0 heterocycles. The minimum atomic E-state index is -0.0930. The van der Waals surface area contributed by atoms with Crippen molar-refractivity contribution in [3.63, 3.8) is 0 Å². The second-order valence-electron chi connectivity index (χ2n) is 13.8. The fourth-order valence-electron chi connectivity index (χ4n) is 6.19. The van der Waals surface area contributed by atoms with E-state index in [9.17, 15) is 14.7 Å². The summed E-state index contributed by atoms with van der Waals surface area (Å²) >= 11 is 0. The monoisotopic (exact) mass is 670 g/mol. The van der Waals surface area contributed by atoms with Crippen LogP contribution in [0.25, 0.3) is 0 Å². The Morgan fingerprint density at radius 3 is 1.47 bits per heavy atom. The molecule has 0 aliphatic rings. The first kappa shape index (κ1) is 48.0. The summed E-state index contributed by atoms with van der Waals surface area (Å²) in [6.45, 7) is 9.84. The lowest BCUT2D eigenvalue weighted by atomic mass is 10.0. The molecule has 0 aliphatic heterocycles. The Bertz CT molecular complexity index is 627. The zero-order chi connectivity index (χ0) is 33.8. The highest BCUT2D eigenvalue weighted by Gasteiger charge is 2.14. The van der Waals surface area contributed by atoms with Gasteiger partial charge in [0.05, 0.1) is 13.2 Å². The number of hydrogen-bond acceptors (Lipinski definition) is 6. The lowest BCUT2D eigenvalue weighted by Gasteiger charge is -2.21. The SMILES string of the molecule is C.CCCCCCCCCOC(=O)CCCN(CCO)CCCCCCCC(=O)OC(CCCCCCCC)CCCCCCCC. The smallest absolute Gasteiger partial charge is 0.306 e. The van der Waals surface area contributed by atoms with Gasteiger partial charge >= 0.3 is 11.9 Å². The highest BCUT2D eigenvalue weighted by atomic mass is 16.5. The van der Waals surface area contributed by atoms with E-state index in [1.54, 1.807) is 0 Å². The van der Waals surface area contributed by atoms with Gasteiger partial charge in [0.15, 0.2) is 0 Å². The molecule has 0 unspecified atom stereocenters. The van der Waals surface area contributed by atoms with E-state index >= 15 is 0 Å². The van der Waals surface area contributed by atoms with Crippen LogP contribution in [0.5, 0.6) is 0 Å². The van der Waals surface area contributed by atoms with Crippen molar-refractivity contribution in [1.29, 1.82) is 0 Å². The van der Waals surface area contributed by atoms with Crippen molar-refractivity contribution in [3.05, 3.63) is 0 Å². The Morgan fingerprint density at radius 2 is 0.936 bits per heavy atom. The predicted molar refractivity (Wildman–Crippen MR) is 202 cm³/mol. The Kier molecular flexibility index (Phi) is 40.1. The molecule has 0 aromatic rings. The first-order valence-electron chi connectivity index (χ1n) is 20.3. The van der Waals surface area contributed by atoms with Crippen LogP contribution in [-0.2, 0) is 19.1 Å². The summed E-state index contributed by atoms with van der Waals surface area (Å²) in [6.07, 6.45) is 33.1. The fraction of sp³-hybridized carbons (Fsp3) is 0.951. The molecule has 0 aromatic heterocycles. The number of carbonyl (C=O) groups is 2. The second-order valence-corrected chi connectivity index (χ2v) is 13.8. The maximum atomic E-state index is 12.6. The third-order valence-electron chi connectivity index (χ3n) is 9.20. The van der Waals surface area contributed by atoms with Gasteiger partial charge in [-0.05, 0) is 64.5 Å². The van der Waals surface area contributed by atoms with Crippen LogP contribution in [0, 0.1) is 0 Å². The van der Waals surface area contributed by atoms with Gasteiger partial charge < -0.3 is 19.5 Å². The van der Waals surface area contributed by atoms with Gasteiger partial charge in [-0.2, -0.15) is 0 Å². The van der Waals surface area contributed by atoms with Crippen LogP contribution in [0.1, 0.15) is 214 Å². The Balaban J connectivity index is 0. The van der Waals surface area contributed by atoms with Gasteiger partial charge in [-0.1, -0.05) is 150 Å². The van der Waals surface area contributed by atoms with Crippen molar-refractivity contribution in [2.75, 3.05) is 32.8 Å². The molecule has 0 rings (SSSR count). The van der Waals surface area contributed by atoms with E-state index < -0.39 is 0 Å². The molecule has 0 radical (unpaired) electrons. The zero-order valence-corrected chi connectivity index (χ0v) is 31.1. The molecule has 1 N–H and O–H groups in total. The lowest BCUT2D eigenvalue weighted by molar-refractivity contribution is -0.150. The van der Waals surface area contributed by atoms with E-state index in [-0.39, 0.29) is 32.1 Å². The van der Waals surface area contributed by atoms with Gasteiger partial charge in [0.2, 0.25) is 0 Å². The van der Waals surface area contributed by atoms with E-state index in [0.29, 0.717) is 26.0 Å². The van der Waals surface area contributed by atoms with Crippen LogP contribution in [0.3, 0.4) is 0 Å². The van der Waals surface area contributed by atoms with Crippen LogP contribution in [0.2, 0.25) is 0 Å². The standard InChI is InChI=1S/C40H79NO5.CH4/c1-4-7-10-13-16-22-27-37-45-39(43)32-28-34-41(35-36-42)33-26-21-17-20-25-31-40(44)46-38(29-23-18-14-11-8-5-2)30-24-19-15-12-9-6-3;/h38,42H,4-37H2,1-3H3;1H4. The van der Waals surface area contributed by atoms with Crippen molar-refractivity contribution in [1.82, 2.24) is 4.90 Å². The first-order valence-corrected chi connectivity index (χ1v) is 20.3. The molecule has 0 aromatic carbocycles. The number of aliphatic hydroxyl groups is 1. The number of unbranched alkanes of at least 4 members (excludes halogenated alkanes) is 20. The van der Waals surface area contributed by atoms with Gasteiger partial charge in [-0.3, -0.25) is 9.59 Å². The van der Waals surface area contributed by atoms with E-state index in [1.165, 1.54) is 109 Å². The van der Waals surface area contributed by atoms with Gasteiger partial charge in [0.1, 0.15) is 6.10 Å². The third-order valence-corrected chi connectivity index (χ3v) is 9.20. The van der Waals surface area contributed by atoms with E-state index in [0.717, 1.165) is 77.3 Å². The summed E-state index contributed by atoms with van der Waals surface area (Å²) in [6, 6.07) is 0. The Morgan fingerprint density at radius 1 is 0.511 bits per heavy atom. The number of rotatable bonds is 37. The van der Waals surface area contributed by atoms with Crippen LogP contribution in [0.4, 0.5) is 0 Å². The average molecular weight is 670 g/mol. The minimum Gasteiger partial charge on any atom is -0.466 e. The van der Waals surface area contributed by atoms with Crippen molar-refractivity contribution in [2.45, 2.75) is 221 Å². The van der Waals surface area contributed by atoms with Gasteiger partial charge in [0.25, 0.3) is 0 Å². The van der Waals surface area contributed by atoms with Crippen molar-refractivity contribution < 1.29 is 24.2 Å². The second kappa shape index (κ2) is 39.3. The molecular formula is C41H83NO5. The van der Waals surface area contributed by atoms with Crippen LogP contribution >= 0.6 is 0 Å². The first-order chi connectivity index (χ1) is 22.6. The highest BCUT2D eigenvalue weighted by Crippen LogP contribution is 2.18. The molecule has 47 heavy (non-hydrogen) atoms. The maximum absolute atomic E-state index is 12.6. The summed E-state index contributed by atoms with van der Waals surface area (Å²) in [5.41, 5.74) is 0. The normalized spacial score (nSPS) is 11.3. The predicted octanol–water partition coefficient (Wildman–Crippen LogP) is 11.7. The van der Waals surface area contributed by atoms with Crippen LogP contribution < -0.4 is 0 Å². The molecule has 0 aliphatic carbocycles. The molecular weight excluding hydrogens is 586 g/mol. The van der Waals surface area contributed by atoms with Gasteiger partial charge in [0, 0.05) is 19.4 Å². The number of carbonyl (C=O) groups excluding carboxylic acids is 2. The number of esters is 2. The molecule has 0 spiro atoms. The average Bonchev–Trinajstić information content (AvgIpc) is 3.04. The number of aliphatic hydroxyl groups excluding tert-OH is 1. The third kappa shape index (κ3) is 36.0. The largest absolute Gasteiger partial charge is 0.466 e. The summed E-state index contributed by atoms with van der Waals surface area (Å²) in [4.78, 5) is 27.0. The fourth-order valence-corrected chi connectivity index (χ4v) is 6.19. The topological polar surface area (TPSA) is 76.1 Å². The van der Waals surface area contributed by atoms with Crippen molar-refractivity contribution in [2.24, 2.45) is 0 Å². The molecule has 0 fully saturated rings. The molecule has 0 saturated carbocycles. The molecule has 282 valence electrons.